The van der Waals surface area contributed by atoms with E-state index in [-0.39, 0.29) is 0 Å². The van der Waals surface area contributed by atoms with Crippen LogP contribution < -0.4 is 5.32 Å². The molecule has 4 amide bonds. The maximum atomic E-state index is 11.7. The second kappa shape index (κ2) is 6.01. The summed E-state index contributed by atoms with van der Waals surface area (Å²) < 4.78 is 19.8. The number of amides is 4. The smallest absolute Gasteiger partial charge is 0.387 e. The van der Waals surface area contributed by atoms with Gasteiger partial charge in [0.2, 0.25) is 11.8 Å². The van der Waals surface area contributed by atoms with Gasteiger partial charge in [0.1, 0.15) is 24.7 Å². The van der Waals surface area contributed by atoms with Gasteiger partial charge in [-0.2, -0.15) is 0 Å². The monoisotopic (exact) mass is 340 g/mol. The molecular weight excluding hydrogens is 327 g/mol. The summed E-state index contributed by atoms with van der Waals surface area (Å²) in [6.07, 6.45) is -7.02. The van der Waals surface area contributed by atoms with Gasteiger partial charge in [-0.1, -0.05) is 0 Å². The average molecular weight is 340 g/mol. The zero-order chi connectivity index (χ0) is 16.7. The Balaban J connectivity index is 2.09. The number of nitrogens with one attached hydrogen (secondary N) is 1. The molecule has 5 N–H and O–H groups in total. The molecule has 2 fully saturated rings. The summed E-state index contributed by atoms with van der Waals surface area (Å²) in [6, 6.07) is -1.13. The first-order chi connectivity index (χ1) is 10.1. The van der Waals surface area contributed by atoms with Gasteiger partial charge in [-0.05, 0) is 0 Å². The number of imide groups is 2. The lowest BCUT2D eigenvalue weighted by atomic mass is 10.1. The molecule has 2 heterocycles. The van der Waals surface area contributed by atoms with Crippen molar-refractivity contribution >= 4 is 25.7 Å². The Bertz CT molecular complexity index is 527. The molecule has 2 saturated heterocycles. The van der Waals surface area contributed by atoms with E-state index in [1.807, 2.05) is 5.32 Å². The Morgan fingerprint density at radius 3 is 2.45 bits per heavy atom. The van der Waals surface area contributed by atoms with Crippen molar-refractivity contribution in [3.63, 3.8) is 0 Å². The number of barbiturate groups is 1. The second-order valence-electron chi connectivity index (χ2n) is 4.63. The van der Waals surface area contributed by atoms with E-state index in [4.69, 9.17) is 14.5 Å². The largest absolute Gasteiger partial charge is 0.469 e. The van der Waals surface area contributed by atoms with Crippen molar-refractivity contribution < 1.29 is 48.2 Å². The number of carbonyl (C=O) groups excluding carboxylic acids is 3. The van der Waals surface area contributed by atoms with Gasteiger partial charge in [0.15, 0.2) is 6.23 Å². The van der Waals surface area contributed by atoms with Gasteiger partial charge in [0.05, 0.1) is 6.61 Å². The first-order valence-corrected chi connectivity index (χ1v) is 7.51. The predicted molar refractivity (Wildman–Crippen MR) is 63.7 cm³/mol. The highest BCUT2D eigenvalue weighted by Crippen LogP contribution is 2.37. The zero-order valence-electron chi connectivity index (χ0n) is 10.9. The first kappa shape index (κ1) is 17.0. The lowest BCUT2D eigenvalue weighted by Crippen LogP contribution is -2.59. The Labute approximate surface area is 122 Å². The third kappa shape index (κ3) is 3.50. The van der Waals surface area contributed by atoms with Crippen molar-refractivity contribution in [2.75, 3.05) is 6.61 Å². The van der Waals surface area contributed by atoms with Crippen LogP contribution in [0.1, 0.15) is 6.42 Å². The molecule has 0 aromatic heterocycles. The number of aliphatic hydroxyl groups is 2. The second-order valence-corrected chi connectivity index (χ2v) is 5.87. The van der Waals surface area contributed by atoms with Crippen LogP contribution in [0.25, 0.3) is 0 Å². The van der Waals surface area contributed by atoms with Crippen LogP contribution in [0.5, 0.6) is 0 Å². The fourth-order valence-electron chi connectivity index (χ4n) is 2.07. The van der Waals surface area contributed by atoms with Crippen molar-refractivity contribution in [1.82, 2.24) is 10.2 Å². The zero-order valence-corrected chi connectivity index (χ0v) is 11.8. The van der Waals surface area contributed by atoms with Gasteiger partial charge in [-0.3, -0.25) is 19.4 Å². The van der Waals surface area contributed by atoms with E-state index in [1.165, 1.54) is 0 Å². The van der Waals surface area contributed by atoms with Crippen LogP contribution in [0.15, 0.2) is 0 Å². The maximum Gasteiger partial charge on any atom is 0.469 e. The molecule has 124 valence electrons. The van der Waals surface area contributed by atoms with Crippen LogP contribution >= 0.6 is 7.82 Å². The summed E-state index contributed by atoms with van der Waals surface area (Å²) in [5.41, 5.74) is 0. The first-order valence-electron chi connectivity index (χ1n) is 5.97. The average Bonchev–Trinajstić information content (AvgIpc) is 2.63. The highest BCUT2D eigenvalue weighted by Gasteiger charge is 2.50. The summed E-state index contributed by atoms with van der Waals surface area (Å²) in [4.78, 5) is 51.9. The summed E-state index contributed by atoms with van der Waals surface area (Å²) in [7, 11) is -4.83. The van der Waals surface area contributed by atoms with Gasteiger partial charge in [0, 0.05) is 0 Å². The Morgan fingerprint density at radius 2 is 1.91 bits per heavy atom. The molecule has 0 aliphatic carbocycles. The van der Waals surface area contributed by atoms with Crippen LogP contribution in [0.3, 0.4) is 0 Å². The predicted octanol–water partition coefficient (Wildman–Crippen LogP) is -2.99. The maximum absolute atomic E-state index is 11.7. The fourth-order valence-corrected chi connectivity index (χ4v) is 2.41. The number of carbonyl (C=O) groups is 3. The molecule has 0 unspecified atom stereocenters. The van der Waals surface area contributed by atoms with Crippen LogP contribution in [0.4, 0.5) is 4.79 Å². The SMILES string of the molecule is O=C1CC(=O)N([C@@H]2O[C@@H](COP(=O)(O)O)[C@@H](O)[C@H]2O)C(=O)N1. The van der Waals surface area contributed by atoms with E-state index in [0.29, 0.717) is 4.90 Å². The van der Waals surface area contributed by atoms with Gasteiger partial charge in [0.25, 0.3) is 0 Å². The number of aliphatic hydroxyl groups excluding tert-OH is 2. The molecule has 0 bridgehead atoms. The van der Waals surface area contributed by atoms with E-state index < -0.39 is 63.2 Å². The number of ether oxygens (including phenoxy) is 1. The normalized spacial score (nSPS) is 33.3. The Hall–Kier alpha value is -1.40. The van der Waals surface area contributed by atoms with Crippen molar-refractivity contribution in [2.24, 2.45) is 0 Å². The molecule has 2 aliphatic rings. The fraction of sp³-hybridized carbons (Fsp3) is 0.667. The molecule has 2 aliphatic heterocycles. The van der Waals surface area contributed by atoms with Gasteiger partial charge in [-0.25, -0.2) is 14.3 Å². The van der Waals surface area contributed by atoms with Gasteiger partial charge < -0.3 is 24.7 Å². The summed E-state index contributed by atoms with van der Waals surface area (Å²) in [6.45, 7) is -0.776. The lowest BCUT2D eigenvalue weighted by molar-refractivity contribution is -0.150. The van der Waals surface area contributed by atoms with Crippen molar-refractivity contribution in [3.05, 3.63) is 0 Å². The molecule has 13 heteroatoms. The highest BCUT2D eigenvalue weighted by molar-refractivity contribution is 7.46. The Morgan fingerprint density at radius 1 is 1.27 bits per heavy atom. The minimum Gasteiger partial charge on any atom is -0.387 e. The van der Waals surface area contributed by atoms with Crippen LogP contribution in [-0.4, -0.2) is 73.9 Å². The third-order valence-electron chi connectivity index (χ3n) is 3.04. The standard InChI is InChI=1S/C9H13N2O10P/c12-4-1-5(13)11(9(16)10-4)8-7(15)6(14)3(21-8)2-20-22(17,18)19/h3,6-8,14-15H,1-2H2,(H,10,12,16)(H2,17,18,19)/t3-,6+,7+,8+/m0/s1. The van der Waals surface area contributed by atoms with Crippen LogP contribution in [0.2, 0.25) is 0 Å². The van der Waals surface area contributed by atoms with E-state index in [0.717, 1.165) is 0 Å². The summed E-state index contributed by atoms with van der Waals surface area (Å²) >= 11 is 0. The lowest BCUT2D eigenvalue weighted by Gasteiger charge is -2.30. The highest BCUT2D eigenvalue weighted by atomic mass is 31.2. The molecule has 0 aromatic rings. The molecule has 4 atom stereocenters. The molecule has 0 spiro atoms. The quantitative estimate of drug-likeness (QED) is 0.261. The molecule has 22 heavy (non-hydrogen) atoms. The molecule has 12 nitrogen and oxygen atoms in total. The van der Waals surface area contributed by atoms with E-state index in [9.17, 15) is 29.2 Å². The Kier molecular flexibility index (Phi) is 4.63. The number of hydrogen-bond acceptors (Lipinski definition) is 8. The molecule has 0 saturated carbocycles. The molecule has 0 aromatic carbocycles. The summed E-state index contributed by atoms with van der Waals surface area (Å²) in [5, 5.41) is 21.4. The van der Waals surface area contributed by atoms with Crippen molar-refractivity contribution in [2.45, 2.75) is 31.0 Å². The van der Waals surface area contributed by atoms with Crippen molar-refractivity contribution in [3.8, 4) is 0 Å². The number of urea groups is 1. The van der Waals surface area contributed by atoms with Crippen LogP contribution in [0, 0.1) is 0 Å². The minimum absolute atomic E-state index is 0.423. The molecule has 0 radical (unpaired) electrons. The molecular formula is C9H13N2O10P. The van der Waals surface area contributed by atoms with Crippen LogP contribution in [-0.2, 0) is 23.4 Å². The number of hydrogen-bond donors (Lipinski definition) is 5. The number of phosphoric ester groups is 1. The van der Waals surface area contributed by atoms with Crippen molar-refractivity contribution in [1.29, 1.82) is 0 Å². The topological polar surface area (TPSA) is 183 Å². The van der Waals surface area contributed by atoms with E-state index in [1.54, 1.807) is 0 Å². The molecule has 2 rings (SSSR count). The number of rotatable bonds is 4. The van der Waals surface area contributed by atoms with E-state index in [2.05, 4.69) is 4.52 Å². The number of nitrogens with zero attached hydrogens (tertiary/aromatic N) is 1. The number of phosphoric acid groups is 1. The summed E-state index contributed by atoms with van der Waals surface area (Å²) in [5.74, 6) is -1.76. The van der Waals surface area contributed by atoms with Gasteiger partial charge >= 0.3 is 13.9 Å². The van der Waals surface area contributed by atoms with Gasteiger partial charge in [-0.15, -0.1) is 0 Å². The van der Waals surface area contributed by atoms with E-state index >= 15 is 0 Å². The minimum atomic E-state index is -4.83. The third-order valence-corrected chi connectivity index (χ3v) is 3.53.